The van der Waals surface area contributed by atoms with Gasteiger partial charge in [0.15, 0.2) is 18.1 Å². The van der Waals surface area contributed by atoms with Crippen molar-refractivity contribution in [3.05, 3.63) is 40.4 Å². The third-order valence-corrected chi connectivity index (χ3v) is 5.41. The van der Waals surface area contributed by atoms with Gasteiger partial charge in [-0.05, 0) is 33.9 Å². The van der Waals surface area contributed by atoms with E-state index < -0.39 is 11.8 Å². The Kier molecular flexibility index (Phi) is 7.09. The Morgan fingerprint density at radius 3 is 2.63 bits per heavy atom. The van der Waals surface area contributed by atoms with Crippen molar-refractivity contribution in [2.75, 3.05) is 27.2 Å². The molecular weight excluding hydrogens is 392 g/mol. The molecule has 2 aromatic heterocycles. The number of carbonyl (C=O) groups is 2. The second kappa shape index (κ2) is 9.75. The van der Waals surface area contributed by atoms with Crippen molar-refractivity contribution in [3.8, 4) is 0 Å². The monoisotopic (exact) mass is 420 g/mol. The van der Waals surface area contributed by atoms with E-state index in [-0.39, 0.29) is 30.6 Å². The van der Waals surface area contributed by atoms with Gasteiger partial charge in [-0.1, -0.05) is 0 Å². The van der Waals surface area contributed by atoms with Crippen molar-refractivity contribution < 1.29 is 23.2 Å². The molecule has 30 heavy (non-hydrogen) atoms. The third kappa shape index (κ3) is 5.59. The number of carbonyl (C=O) groups excluding carboxylic acids is 2. The maximum absolute atomic E-state index is 12.5. The zero-order valence-corrected chi connectivity index (χ0v) is 17.6. The molecule has 0 bridgehead atoms. The molecule has 3 heterocycles. The highest BCUT2D eigenvalue weighted by Gasteiger charge is 2.24. The molecule has 0 radical (unpaired) electrons. The topological polar surface area (TPSA) is 111 Å². The van der Waals surface area contributed by atoms with Gasteiger partial charge in [-0.2, -0.15) is 0 Å². The molecule has 1 aliphatic heterocycles. The molecule has 1 amide bonds. The molecule has 1 saturated heterocycles. The normalized spacial score (nSPS) is 15.0. The Morgan fingerprint density at radius 2 is 2.00 bits per heavy atom. The molecule has 10 heteroatoms. The molecule has 0 saturated carbocycles. The molecule has 3 rings (SSSR count). The minimum absolute atomic E-state index is 0.0428. The van der Waals surface area contributed by atoms with Crippen LogP contribution in [0.1, 0.15) is 36.6 Å². The summed E-state index contributed by atoms with van der Waals surface area (Å²) in [6, 6.07) is 0.526. The van der Waals surface area contributed by atoms with Crippen LogP contribution < -0.4 is 5.82 Å². The molecule has 164 valence electrons. The van der Waals surface area contributed by atoms with Crippen molar-refractivity contribution in [2.24, 2.45) is 0 Å². The van der Waals surface area contributed by atoms with Gasteiger partial charge >= 0.3 is 11.8 Å². The van der Waals surface area contributed by atoms with E-state index in [1.165, 1.54) is 0 Å². The van der Waals surface area contributed by atoms with E-state index in [0.717, 1.165) is 25.9 Å². The van der Waals surface area contributed by atoms with Crippen LogP contribution in [0.25, 0.3) is 0 Å². The molecule has 0 unspecified atom stereocenters. The lowest BCUT2D eigenvalue weighted by molar-refractivity contribution is -0.146. The minimum atomic E-state index is -0.828. The van der Waals surface area contributed by atoms with E-state index in [4.69, 9.17) is 13.6 Å². The summed E-state index contributed by atoms with van der Waals surface area (Å²) in [4.78, 5) is 44.1. The molecule has 0 atom stereocenters. The maximum Gasteiger partial charge on any atom is 0.519 e. The van der Waals surface area contributed by atoms with Gasteiger partial charge in [0.25, 0.3) is 0 Å². The predicted molar refractivity (Wildman–Crippen MR) is 106 cm³/mol. The largest absolute Gasteiger partial charge is 0.519 e. The SMILES string of the molecule is Cc1oc(=O)oc1COC(=O)Cn1ccnc1CCC(=O)N1CCC(N(C)C)CC1. The molecule has 10 nitrogen and oxygen atoms in total. The minimum Gasteiger partial charge on any atom is -0.456 e. The summed E-state index contributed by atoms with van der Waals surface area (Å²) in [5.74, 6) is -0.114. The molecule has 0 N–H and O–H groups in total. The van der Waals surface area contributed by atoms with Crippen molar-refractivity contribution >= 4 is 11.9 Å². The van der Waals surface area contributed by atoms with Crippen molar-refractivity contribution in [1.29, 1.82) is 0 Å². The van der Waals surface area contributed by atoms with Crippen molar-refractivity contribution in [3.63, 3.8) is 0 Å². The first kappa shape index (κ1) is 21.8. The summed E-state index contributed by atoms with van der Waals surface area (Å²) in [7, 11) is 4.14. The quantitative estimate of drug-likeness (QED) is 0.581. The Labute approximate surface area is 174 Å². The van der Waals surface area contributed by atoms with Crippen LogP contribution in [0, 0.1) is 6.92 Å². The summed E-state index contributed by atoms with van der Waals surface area (Å²) >= 11 is 0. The molecule has 2 aromatic rings. The lowest BCUT2D eigenvalue weighted by atomic mass is 10.0. The standard InChI is InChI=1S/C20H28N4O6/c1-14-16(30-20(27)29-14)13-28-19(26)12-24-11-8-21-17(24)4-5-18(25)23-9-6-15(7-10-23)22(2)3/h8,11,15H,4-7,9-10,12-13H2,1-3H3. The average Bonchev–Trinajstić information content (AvgIpc) is 3.29. The lowest BCUT2D eigenvalue weighted by Crippen LogP contribution is -2.44. The Morgan fingerprint density at radius 1 is 1.27 bits per heavy atom. The van der Waals surface area contributed by atoms with Crippen LogP contribution in [0.4, 0.5) is 0 Å². The van der Waals surface area contributed by atoms with Gasteiger partial charge in [-0.15, -0.1) is 0 Å². The highest BCUT2D eigenvalue weighted by molar-refractivity contribution is 5.76. The summed E-state index contributed by atoms with van der Waals surface area (Å²) in [6.07, 6.45) is 6.02. The highest BCUT2D eigenvalue weighted by atomic mass is 16.6. The number of piperidine rings is 1. The van der Waals surface area contributed by atoms with Crippen LogP contribution >= 0.6 is 0 Å². The first-order chi connectivity index (χ1) is 14.3. The van der Waals surface area contributed by atoms with E-state index in [1.54, 1.807) is 23.9 Å². The number of esters is 1. The second-order valence-electron chi connectivity index (χ2n) is 7.64. The number of aryl methyl sites for hydroxylation is 2. The van der Waals surface area contributed by atoms with Gasteiger partial charge in [0.2, 0.25) is 5.91 Å². The molecule has 1 fully saturated rings. The van der Waals surface area contributed by atoms with Gasteiger partial charge < -0.3 is 27.9 Å². The lowest BCUT2D eigenvalue weighted by Gasteiger charge is -2.35. The number of ether oxygens (including phenoxy) is 1. The first-order valence-corrected chi connectivity index (χ1v) is 10.0. The van der Waals surface area contributed by atoms with Crippen LogP contribution in [-0.4, -0.2) is 64.5 Å². The van der Waals surface area contributed by atoms with Crippen LogP contribution in [0.15, 0.2) is 26.0 Å². The summed E-state index contributed by atoms with van der Waals surface area (Å²) in [6.45, 7) is 2.88. The molecule has 0 aromatic carbocycles. The first-order valence-electron chi connectivity index (χ1n) is 10.0. The number of hydrogen-bond donors (Lipinski definition) is 0. The highest BCUT2D eigenvalue weighted by Crippen LogP contribution is 2.16. The number of likely N-dealkylation sites (tertiary alicyclic amines) is 1. The van der Waals surface area contributed by atoms with Crippen LogP contribution in [0.3, 0.4) is 0 Å². The molecule has 1 aliphatic rings. The Hall–Kier alpha value is -2.88. The molecule has 0 aliphatic carbocycles. The maximum atomic E-state index is 12.5. The van der Waals surface area contributed by atoms with E-state index >= 15 is 0 Å². The van der Waals surface area contributed by atoms with Gasteiger partial charge in [-0.3, -0.25) is 9.59 Å². The number of rotatable bonds is 8. The number of amides is 1. The van der Waals surface area contributed by atoms with Gasteiger partial charge in [0.1, 0.15) is 12.4 Å². The van der Waals surface area contributed by atoms with Crippen LogP contribution in [0.2, 0.25) is 0 Å². The smallest absolute Gasteiger partial charge is 0.456 e. The predicted octanol–water partition coefficient (Wildman–Crippen LogP) is 0.966. The van der Waals surface area contributed by atoms with E-state index in [9.17, 15) is 14.4 Å². The van der Waals surface area contributed by atoms with Gasteiger partial charge in [-0.25, -0.2) is 9.78 Å². The average molecular weight is 420 g/mol. The molecular formula is C20H28N4O6. The Bertz CT molecular complexity index is 920. The number of aromatic nitrogens is 2. The van der Waals surface area contributed by atoms with E-state index in [0.29, 0.717) is 24.7 Å². The fourth-order valence-corrected chi connectivity index (χ4v) is 3.56. The van der Waals surface area contributed by atoms with Crippen molar-refractivity contribution in [1.82, 2.24) is 19.4 Å². The van der Waals surface area contributed by atoms with Gasteiger partial charge in [0.05, 0.1) is 0 Å². The number of nitrogens with zero attached hydrogens (tertiary/aromatic N) is 4. The van der Waals surface area contributed by atoms with Gasteiger partial charge in [0, 0.05) is 44.4 Å². The zero-order valence-electron chi connectivity index (χ0n) is 17.6. The zero-order chi connectivity index (χ0) is 21.7. The fraction of sp³-hybridized carbons (Fsp3) is 0.600. The van der Waals surface area contributed by atoms with Crippen LogP contribution in [0.5, 0.6) is 0 Å². The third-order valence-electron chi connectivity index (χ3n) is 5.41. The Balaban J connectivity index is 1.46. The van der Waals surface area contributed by atoms with E-state index in [2.05, 4.69) is 24.0 Å². The summed E-state index contributed by atoms with van der Waals surface area (Å²) < 4.78 is 16.3. The summed E-state index contributed by atoms with van der Waals surface area (Å²) in [5.41, 5.74) is 0. The summed E-state index contributed by atoms with van der Waals surface area (Å²) in [5, 5.41) is 0. The number of hydrogen-bond acceptors (Lipinski definition) is 8. The van der Waals surface area contributed by atoms with E-state index in [1.807, 2.05) is 4.90 Å². The van der Waals surface area contributed by atoms with Crippen LogP contribution in [-0.2, 0) is 33.9 Å². The molecule has 0 spiro atoms. The number of imidazole rings is 1. The van der Waals surface area contributed by atoms with Crippen molar-refractivity contribution in [2.45, 2.75) is 51.8 Å². The second-order valence-corrected chi connectivity index (χ2v) is 7.64. The fourth-order valence-electron chi connectivity index (χ4n) is 3.56.